The molecular formula is C20H18IN3O3. The van der Waals surface area contributed by atoms with Crippen LogP contribution in [0.4, 0.5) is 0 Å². The molecule has 0 atom stereocenters. The summed E-state index contributed by atoms with van der Waals surface area (Å²) in [4.78, 5) is 24.3. The molecule has 0 aliphatic heterocycles. The van der Waals surface area contributed by atoms with Gasteiger partial charge >= 0.3 is 0 Å². The van der Waals surface area contributed by atoms with Crippen LogP contribution < -0.4 is 15.6 Å². The average Bonchev–Trinajstić information content (AvgIpc) is 2.69. The number of methoxy groups -OCH3 is 1. The van der Waals surface area contributed by atoms with E-state index < -0.39 is 0 Å². The van der Waals surface area contributed by atoms with Gasteiger partial charge in [-0.05, 0) is 65.1 Å². The number of hydrogen-bond acceptors (Lipinski definition) is 4. The fourth-order valence-electron chi connectivity index (χ4n) is 2.54. The van der Waals surface area contributed by atoms with E-state index in [1.54, 1.807) is 19.2 Å². The molecule has 0 aliphatic rings. The summed E-state index contributed by atoms with van der Waals surface area (Å²) in [5.74, 6) is 0.588. The first-order valence-electron chi connectivity index (χ1n) is 8.34. The summed E-state index contributed by atoms with van der Waals surface area (Å²) in [5.41, 5.74) is 1.97. The highest BCUT2D eigenvalue weighted by molar-refractivity contribution is 14.1. The van der Waals surface area contributed by atoms with Gasteiger partial charge in [0.15, 0.2) is 0 Å². The second-order valence-corrected chi connectivity index (χ2v) is 6.91. The number of carbonyl (C=O) groups is 1. The van der Waals surface area contributed by atoms with Gasteiger partial charge in [0.1, 0.15) is 5.75 Å². The maximum Gasteiger partial charge on any atom is 0.266 e. The molecule has 0 fully saturated rings. The van der Waals surface area contributed by atoms with E-state index >= 15 is 0 Å². The fraction of sp³-hybridized carbons (Fsp3) is 0.150. The van der Waals surface area contributed by atoms with Crippen molar-refractivity contribution in [3.05, 3.63) is 80.2 Å². The van der Waals surface area contributed by atoms with Gasteiger partial charge in [-0.3, -0.25) is 9.59 Å². The Kier molecular flexibility index (Phi) is 6.23. The largest absolute Gasteiger partial charge is 0.497 e. The van der Waals surface area contributed by atoms with Crippen molar-refractivity contribution in [1.82, 2.24) is 15.1 Å². The van der Waals surface area contributed by atoms with Crippen molar-refractivity contribution < 1.29 is 9.53 Å². The summed E-state index contributed by atoms with van der Waals surface area (Å²) < 4.78 is 7.39. The first kappa shape index (κ1) is 19.1. The SMILES string of the molecule is COc1ccc(-c2ccc(=O)n(CCNC(=O)c3ccccc3I)n2)cc1. The minimum absolute atomic E-state index is 0.167. The van der Waals surface area contributed by atoms with Gasteiger partial charge in [-0.15, -0.1) is 0 Å². The molecule has 0 spiro atoms. The molecule has 1 heterocycles. The molecule has 1 aromatic heterocycles. The van der Waals surface area contributed by atoms with Gasteiger partial charge in [0.25, 0.3) is 11.5 Å². The molecule has 1 N–H and O–H groups in total. The van der Waals surface area contributed by atoms with E-state index in [1.807, 2.05) is 42.5 Å². The summed E-state index contributed by atoms with van der Waals surface area (Å²) in [5, 5.41) is 7.23. The minimum Gasteiger partial charge on any atom is -0.497 e. The third-order valence-corrected chi connectivity index (χ3v) is 4.92. The van der Waals surface area contributed by atoms with Crippen molar-refractivity contribution in [1.29, 1.82) is 0 Å². The molecule has 7 heteroatoms. The van der Waals surface area contributed by atoms with Gasteiger partial charge in [0.2, 0.25) is 0 Å². The van der Waals surface area contributed by atoms with Crippen LogP contribution in [-0.4, -0.2) is 29.3 Å². The van der Waals surface area contributed by atoms with Crippen molar-refractivity contribution in [2.75, 3.05) is 13.7 Å². The third kappa shape index (κ3) is 4.73. The standard InChI is InChI=1S/C20H18IN3O3/c1-27-15-8-6-14(7-9-15)18-10-11-19(25)24(23-18)13-12-22-20(26)16-4-2-3-5-17(16)21/h2-11H,12-13H2,1H3,(H,22,26). The third-order valence-electron chi connectivity index (χ3n) is 3.98. The molecule has 1 amide bonds. The van der Waals surface area contributed by atoms with Crippen LogP contribution in [0.25, 0.3) is 11.3 Å². The van der Waals surface area contributed by atoms with E-state index in [0.717, 1.165) is 14.9 Å². The van der Waals surface area contributed by atoms with Gasteiger partial charge in [-0.25, -0.2) is 4.68 Å². The monoisotopic (exact) mass is 475 g/mol. The van der Waals surface area contributed by atoms with Gasteiger partial charge < -0.3 is 10.1 Å². The second-order valence-electron chi connectivity index (χ2n) is 5.74. The topological polar surface area (TPSA) is 73.2 Å². The Morgan fingerprint density at radius 1 is 1.11 bits per heavy atom. The molecule has 138 valence electrons. The molecule has 2 aromatic carbocycles. The number of nitrogens with zero attached hydrogens (tertiary/aromatic N) is 2. The van der Waals surface area contributed by atoms with Crippen molar-refractivity contribution in [3.63, 3.8) is 0 Å². The number of nitrogens with one attached hydrogen (secondary N) is 1. The zero-order chi connectivity index (χ0) is 19.2. The van der Waals surface area contributed by atoms with Gasteiger partial charge in [-0.1, -0.05) is 12.1 Å². The quantitative estimate of drug-likeness (QED) is 0.557. The Bertz CT molecular complexity index is 1000. The molecule has 0 aliphatic carbocycles. The molecule has 3 aromatic rings. The summed E-state index contributed by atoms with van der Waals surface area (Å²) in [6, 6.07) is 18.0. The molecule has 6 nitrogen and oxygen atoms in total. The van der Waals surface area contributed by atoms with Crippen molar-refractivity contribution in [2.24, 2.45) is 0 Å². The number of rotatable bonds is 6. The van der Waals surface area contributed by atoms with E-state index in [2.05, 4.69) is 33.0 Å². The summed E-state index contributed by atoms with van der Waals surface area (Å²) >= 11 is 2.12. The summed E-state index contributed by atoms with van der Waals surface area (Å²) in [6.07, 6.45) is 0. The number of benzene rings is 2. The maximum atomic E-state index is 12.3. The zero-order valence-corrected chi connectivity index (χ0v) is 16.8. The Morgan fingerprint density at radius 3 is 2.56 bits per heavy atom. The number of ether oxygens (including phenoxy) is 1. The average molecular weight is 475 g/mol. The highest BCUT2D eigenvalue weighted by atomic mass is 127. The molecule has 0 bridgehead atoms. The van der Waals surface area contributed by atoms with Crippen molar-refractivity contribution in [3.8, 4) is 17.0 Å². The Balaban J connectivity index is 1.69. The van der Waals surface area contributed by atoms with E-state index in [0.29, 0.717) is 17.8 Å². The molecule has 0 unspecified atom stereocenters. The lowest BCUT2D eigenvalue weighted by Crippen LogP contribution is -2.32. The summed E-state index contributed by atoms with van der Waals surface area (Å²) in [6.45, 7) is 0.598. The van der Waals surface area contributed by atoms with Crippen LogP contribution in [0.3, 0.4) is 0 Å². The highest BCUT2D eigenvalue weighted by Crippen LogP contribution is 2.19. The Labute approximate surface area is 170 Å². The Hall–Kier alpha value is -2.68. The minimum atomic E-state index is -0.212. The van der Waals surface area contributed by atoms with E-state index in [9.17, 15) is 9.59 Å². The number of hydrogen-bond donors (Lipinski definition) is 1. The summed E-state index contributed by atoms with van der Waals surface area (Å²) in [7, 11) is 1.61. The van der Waals surface area contributed by atoms with Gasteiger partial charge in [-0.2, -0.15) is 5.10 Å². The van der Waals surface area contributed by atoms with Crippen LogP contribution in [0, 0.1) is 3.57 Å². The molecule has 0 radical (unpaired) electrons. The lowest BCUT2D eigenvalue weighted by atomic mass is 10.1. The highest BCUT2D eigenvalue weighted by Gasteiger charge is 2.09. The van der Waals surface area contributed by atoms with Gasteiger partial charge in [0.05, 0.1) is 24.9 Å². The molecule has 0 saturated carbocycles. The molecule has 0 saturated heterocycles. The number of amides is 1. The van der Waals surface area contributed by atoms with Crippen molar-refractivity contribution >= 4 is 28.5 Å². The smallest absolute Gasteiger partial charge is 0.266 e. The molecule has 3 rings (SSSR count). The predicted octanol–water partition coefficient (Wildman–Crippen LogP) is 2.95. The first-order valence-corrected chi connectivity index (χ1v) is 9.41. The van der Waals surface area contributed by atoms with Crippen LogP contribution in [0.2, 0.25) is 0 Å². The lowest BCUT2D eigenvalue weighted by Gasteiger charge is -2.09. The fourth-order valence-corrected chi connectivity index (χ4v) is 3.17. The van der Waals surface area contributed by atoms with E-state index in [-0.39, 0.29) is 18.0 Å². The number of aromatic nitrogens is 2. The number of halogens is 1. The van der Waals surface area contributed by atoms with Crippen molar-refractivity contribution in [2.45, 2.75) is 6.54 Å². The van der Waals surface area contributed by atoms with E-state index in [4.69, 9.17) is 4.74 Å². The maximum absolute atomic E-state index is 12.3. The van der Waals surface area contributed by atoms with E-state index in [1.165, 1.54) is 10.7 Å². The van der Waals surface area contributed by atoms with Crippen LogP contribution in [0.5, 0.6) is 5.75 Å². The molecular weight excluding hydrogens is 457 g/mol. The number of carbonyl (C=O) groups excluding carboxylic acids is 1. The zero-order valence-electron chi connectivity index (χ0n) is 14.7. The van der Waals surface area contributed by atoms with Crippen LogP contribution >= 0.6 is 22.6 Å². The van der Waals surface area contributed by atoms with Crippen LogP contribution in [-0.2, 0) is 6.54 Å². The van der Waals surface area contributed by atoms with Crippen LogP contribution in [0.1, 0.15) is 10.4 Å². The first-order chi connectivity index (χ1) is 13.1. The molecule has 27 heavy (non-hydrogen) atoms. The van der Waals surface area contributed by atoms with Gasteiger partial charge in [0, 0.05) is 21.7 Å². The Morgan fingerprint density at radius 2 is 1.85 bits per heavy atom. The lowest BCUT2D eigenvalue weighted by molar-refractivity contribution is 0.0951. The normalized spacial score (nSPS) is 10.4. The second kappa shape index (κ2) is 8.81. The van der Waals surface area contributed by atoms with Crippen LogP contribution in [0.15, 0.2) is 65.5 Å². The predicted molar refractivity (Wildman–Crippen MR) is 112 cm³/mol.